The van der Waals surface area contributed by atoms with Crippen molar-refractivity contribution < 1.29 is 18.7 Å². The fraction of sp³-hybridized carbons (Fsp3) is 0.273. The number of aryl methyl sites for hydroxylation is 1. The summed E-state index contributed by atoms with van der Waals surface area (Å²) in [5.41, 5.74) is 0.686. The second-order valence-corrected chi connectivity index (χ2v) is 7.49. The average molecular weight is 414 g/mol. The van der Waals surface area contributed by atoms with Gasteiger partial charge >= 0.3 is 5.63 Å². The van der Waals surface area contributed by atoms with E-state index in [4.69, 9.17) is 25.5 Å². The zero-order valence-corrected chi connectivity index (χ0v) is 16.8. The molecule has 3 aromatic rings. The highest BCUT2D eigenvalue weighted by atomic mass is 35.5. The van der Waals surface area contributed by atoms with Crippen LogP contribution in [0.1, 0.15) is 12.5 Å². The van der Waals surface area contributed by atoms with Crippen molar-refractivity contribution in [3.8, 4) is 11.5 Å². The summed E-state index contributed by atoms with van der Waals surface area (Å²) in [6.07, 6.45) is -0.769. The first-order valence-electron chi connectivity index (χ1n) is 9.32. The standard InChI is InChI=1S/C22H20ClNO5/c1-13-8-21(25)29-19-10-20(18(23)9-17(13)19)27-14(2)22(26)24-11-16(12-24)28-15-6-4-3-5-7-15/h3-10,14,16H,11-12H2,1-2H3. The summed E-state index contributed by atoms with van der Waals surface area (Å²) in [6, 6.07) is 14.1. The summed E-state index contributed by atoms with van der Waals surface area (Å²) in [5, 5.41) is 1.08. The molecule has 1 aliphatic heterocycles. The number of ether oxygens (including phenoxy) is 2. The molecular formula is C22H20ClNO5. The minimum absolute atomic E-state index is 0.0324. The van der Waals surface area contributed by atoms with Crippen molar-refractivity contribution in [1.82, 2.24) is 4.90 Å². The van der Waals surface area contributed by atoms with E-state index in [1.807, 2.05) is 30.3 Å². The van der Waals surface area contributed by atoms with Gasteiger partial charge in [-0.05, 0) is 37.6 Å². The Hall–Kier alpha value is -2.99. The smallest absolute Gasteiger partial charge is 0.336 e. The van der Waals surface area contributed by atoms with E-state index in [0.717, 1.165) is 16.7 Å². The topological polar surface area (TPSA) is 69.0 Å². The largest absolute Gasteiger partial charge is 0.487 e. The molecule has 6 nitrogen and oxygen atoms in total. The van der Waals surface area contributed by atoms with E-state index in [1.165, 1.54) is 6.07 Å². The Bertz CT molecular complexity index is 1110. The molecule has 0 saturated carbocycles. The summed E-state index contributed by atoms with van der Waals surface area (Å²) < 4.78 is 16.8. The van der Waals surface area contributed by atoms with Crippen molar-refractivity contribution >= 4 is 28.5 Å². The van der Waals surface area contributed by atoms with Crippen molar-refractivity contribution in [3.05, 3.63) is 69.5 Å². The number of amides is 1. The van der Waals surface area contributed by atoms with Crippen LogP contribution >= 0.6 is 11.6 Å². The van der Waals surface area contributed by atoms with E-state index < -0.39 is 11.7 Å². The number of carbonyl (C=O) groups is 1. The Balaban J connectivity index is 1.40. The van der Waals surface area contributed by atoms with Crippen LogP contribution in [0.3, 0.4) is 0 Å². The minimum Gasteiger partial charge on any atom is -0.487 e. The first-order valence-corrected chi connectivity index (χ1v) is 9.69. The number of halogens is 1. The van der Waals surface area contributed by atoms with E-state index in [9.17, 15) is 9.59 Å². The fourth-order valence-corrected chi connectivity index (χ4v) is 3.50. The Kier molecular flexibility index (Phi) is 5.20. The fourth-order valence-electron chi connectivity index (χ4n) is 3.29. The minimum atomic E-state index is -0.737. The van der Waals surface area contributed by atoms with Gasteiger partial charge in [0.05, 0.1) is 18.1 Å². The maximum Gasteiger partial charge on any atom is 0.336 e. The lowest BCUT2D eigenvalue weighted by molar-refractivity contribution is -0.146. The molecule has 0 N–H and O–H groups in total. The highest BCUT2D eigenvalue weighted by Gasteiger charge is 2.35. The molecule has 1 unspecified atom stereocenters. The van der Waals surface area contributed by atoms with Crippen LogP contribution in [0.5, 0.6) is 11.5 Å². The van der Waals surface area contributed by atoms with Crippen LogP contribution in [0.15, 0.2) is 57.7 Å². The molecular weight excluding hydrogens is 394 g/mol. The molecule has 2 heterocycles. The van der Waals surface area contributed by atoms with Crippen LogP contribution in [0.2, 0.25) is 5.02 Å². The van der Waals surface area contributed by atoms with E-state index in [0.29, 0.717) is 29.4 Å². The van der Waals surface area contributed by atoms with Crippen LogP contribution in [0, 0.1) is 6.92 Å². The summed E-state index contributed by atoms with van der Waals surface area (Å²) >= 11 is 6.31. The van der Waals surface area contributed by atoms with E-state index in [2.05, 4.69) is 0 Å². The van der Waals surface area contributed by atoms with Crippen LogP contribution in [0.25, 0.3) is 11.0 Å². The number of rotatable bonds is 5. The number of fused-ring (bicyclic) bond motifs is 1. The van der Waals surface area contributed by atoms with E-state index >= 15 is 0 Å². The van der Waals surface area contributed by atoms with Gasteiger partial charge in [0, 0.05) is 17.5 Å². The zero-order valence-electron chi connectivity index (χ0n) is 16.1. The van der Waals surface area contributed by atoms with Crippen LogP contribution in [0.4, 0.5) is 0 Å². The third kappa shape index (κ3) is 4.07. The summed E-state index contributed by atoms with van der Waals surface area (Å²) in [7, 11) is 0. The molecule has 0 spiro atoms. The molecule has 1 saturated heterocycles. The lowest BCUT2D eigenvalue weighted by Crippen LogP contribution is -2.58. The number of hydrogen-bond donors (Lipinski definition) is 0. The monoisotopic (exact) mass is 413 g/mol. The Labute approximate surface area is 172 Å². The number of nitrogens with zero attached hydrogens (tertiary/aromatic N) is 1. The van der Waals surface area contributed by atoms with E-state index in [1.54, 1.807) is 30.9 Å². The summed E-state index contributed by atoms with van der Waals surface area (Å²) in [5.74, 6) is 0.930. The third-order valence-corrected chi connectivity index (χ3v) is 5.16. The van der Waals surface area contributed by atoms with Gasteiger partial charge in [-0.3, -0.25) is 4.79 Å². The Morgan fingerprint density at radius 2 is 1.93 bits per heavy atom. The molecule has 150 valence electrons. The Morgan fingerprint density at radius 1 is 1.21 bits per heavy atom. The second-order valence-electron chi connectivity index (χ2n) is 7.08. The molecule has 4 rings (SSSR count). The maximum atomic E-state index is 12.6. The molecule has 0 bridgehead atoms. The Morgan fingerprint density at radius 3 is 2.66 bits per heavy atom. The molecule has 1 aliphatic rings. The zero-order chi connectivity index (χ0) is 20.5. The molecule has 0 aliphatic carbocycles. The quantitative estimate of drug-likeness (QED) is 0.595. The predicted octanol–water partition coefficient (Wildman–Crippen LogP) is 3.81. The van der Waals surface area contributed by atoms with Gasteiger partial charge in [-0.15, -0.1) is 0 Å². The van der Waals surface area contributed by atoms with Crippen molar-refractivity contribution in [2.75, 3.05) is 13.1 Å². The third-order valence-electron chi connectivity index (χ3n) is 4.86. The molecule has 1 aromatic heterocycles. The summed E-state index contributed by atoms with van der Waals surface area (Å²) in [6.45, 7) is 4.47. The predicted molar refractivity (Wildman–Crippen MR) is 110 cm³/mol. The highest BCUT2D eigenvalue weighted by molar-refractivity contribution is 6.32. The SMILES string of the molecule is Cc1cc(=O)oc2cc(OC(C)C(=O)N3CC(Oc4ccccc4)C3)c(Cl)cc12. The van der Waals surface area contributed by atoms with Gasteiger partial charge in [0.15, 0.2) is 6.10 Å². The molecule has 1 amide bonds. The number of likely N-dealkylation sites (tertiary alicyclic amines) is 1. The van der Waals surface area contributed by atoms with Crippen LogP contribution < -0.4 is 15.1 Å². The van der Waals surface area contributed by atoms with Crippen molar-refractivity contribution in [1.29, 1.82) is 0 Å². The summed E-state index contributed by atoms with van der Waals surface area (Å²) in [4.78, 5) is 25.9. The molecule has 29 heavy (non-hydrogen) atoms. The van der Waals surface area contributed by atoms with Gasteiger partial charge in [-0.2, -0.15) is 0 Å². The first-order chi connectivity index (χ1) is 13.9. The van der Waals surface area contributed by atoms with Gasteiger partial charge in [-0.1, -0.05) is 29.8 Å². The molecule has 7 heteroatoms. The lowest BCUT2D eigenvalue weighted by Gasteiger charge is -2.40. The van der Waals surface area contributed by atoms with Crippen molar-refractivity contribution in [2.24, 2.45) is 0 Å². The van der Waals surface area contributed by atoms with Gasteiger partial charge in [-0.25, -0.2) is 4.79 Å². The maximum absolute atomic E-state index is 12.6. The highest BCUT2D eigenvalue weighted by Crippen LogP contribution is 2.32. The van der Waals surface area contributed by atoms with Crippen molar-refractivity contribution in [2.45, 2.75) is 26.1 Å². The number of para-hydroxylation sites is 1. The second kappa shape index (κ2) is 7.79. The van der Waals surface area contributed by atoms with Crippen LogP contribution in [-0.4, -0.2) is 36.1 Å². The average Bonchev–Trinajstić information content (AvgIpc) is 2.66. The molecule has 1 fully saturated rings. The molecule has 2 aromatic carbocycles. The molecule has 0 radical (unpaired) electrons. The lowest BCUT2D eigenvalue weighted by atomic mass is 10.1. The van der Waals surface area contributed by atoms with Crippen LogP contribution in [-0.2, 0) is 4.79 Å². The van der Waals surface area contributed by atoms with Gasteiger partial charge in [0.25, 0.3) is 5.91 Å². The van der Waals surface area contributed by atoms with Gasteiger partial charge in [0.2, 0.25) is 0 Å². The van der Waals surface area contributed by atoms with Crippen molar-refractivity contribution in [3.63, 3.8) is 0 Å². The van der Waals surface area contributed by atoms with Gasteiger partial charge < -0.3 is 18.8 Å². The number of carbonyl (C=O) groups excluding carboxylic acids is 1. The van der Waals surface area contributed by atoms with E-state index in [-0.39, 0.29) is 12.0 Å². The normalized spacial score (nSPS) is 15.1. The number of hydrogen-bond acceptors (Lipinski definition) is 5. The first kappa shape index (κ1) is 19.3. The van der Waals surface area contributed by atoms with Gasteiger partial charge in [0.1, 0.15) is 23.2 Å². The number of benzene rings is 2. The molecule has 1 atom stereocenters.